The Hall–Kier alpha value is -3.08. The molecule has 0 atom stereocenters. The number of ketones is 2. The lowest BCUT2D eigenvalue weighted by Gasteiger charge is -2.08. The number of hydrogen-bond acceptors (Lipinski definition) is 4. The second-order valence-electron chi connectivity index (χ2n) is 6.80. The topological polar surface area (TPSA) is 52.6 Å². The van der Waals surface area contributed by atoms with Crippen molar-refractivity contribution >= 4 is 40.8 Å². The standard InChI is InChI=1S/C24H16Cl2O4/c1-14-9-17(29-13-20(27)16-5-3-2-4-6-16)12-21-23(14)24(28)22(30-21)11-15-7-8-18(25)19(26)10-15/h2-12H,13H2,1H3/b22-11-. The molecule has 0 amide bonds. The maximum absolute atomic E-state index is 12.8. The molecule has 0 unspecified atom stereocenters. The highest BCUT2D eigenvalue weighted by molar-refractivity contribution is 6.42. The summed E-state index contributed by atoms with van der Waals surface area (Å²) in [5.41, 5.74) is 2.46. The lowest BCUT2D eigenvalue weighted by Crippen LogP contribution is -2.11. The third-order valence-corrected chi connectivity index (χ3v) is 5.39. The maximum atomic E-state index is 12.8. The molecule has 3 aromatic rings. The number of hydrogen-bond donors (Lipinski definition) is 0. The van der Waals surface area contributed by atoms with Crippen molar-refractivity contribution in [2.24, 2.45) is 0 Å². The van der Waals surface area contributed by atoms with Gasteiger partial charge in [0.15, 0.2) is 18.1 Å². The maximum Gasteiger partial charge on any atom is 0.232 e. The second kappa shape index (κ2) is 8.34. The summed E-state index contributed by atoms with van der Waals surface area (Å²) in [5, 5.41) is 0.826. The summed E-state index contributed by atoms with van der Waals surface area (Å²) in [6.45, 7) is 1.69. The average molecular weight is 439 g/mol. The van der Waals surface area contributed by atoms with E-state index in [2.05, 4.69) is 0 Å². The number of aryl methyl sites for hydroxylation is 1. The van der Waals surface area contributed by atoms with Crippen LogP contribution >= 0.6 is 23.2 Å². The van der Waals surface area contributed by atoms with E-state index in [1.54, 1.807) is 67.6 Å². The van der Waals surface area contributed by atoms with Crippen LogP contribution in [0.15, 0.2) is 66.4 Å². The van der Waals surface area contributed by atoms with Crippen LogP contribution in [-0.4, -0.2) is 18.2 Å². The highest BCUT2D eigenvalue weighted by Gasteiger charge is 2.30. The molecule has 0 N–H and O–H groups in total. The number of allylic oxidation sites excluding steroid dienone is 1. The van der Waals surface area contributed by atoms with Gasteiger partial charge in [0.25, 0.3) is 0 Å². The van der Waals surface area contributed by atoms with Crippen LogP contribution in [0.1, 0.15) is 31.8 Å². The van der Waals surface area contributed by atoms with E-state index in [1.165, 1.54) is 0 Å². The highest BCUT2D eigenvalue weighted by atomic mass is 35.5. The van der Waals surface area contributed by atoms with Gasteiger partial charge in [-0.3, -0.25) is 9.59 Å². The Labute approximate surface area is 183 Å². The molecule has 0 aliphatic carbocycles. The van der Waals surface area contributed by atoms with Crippen LogP contribution in [0.25, 0.3) is 6.08 Å². The highest BCUT2D eigenvalue weighted by Crippen LogP contribution is 2.38. The zero-order valence-electron chi connectivity index (χ0n) is 15.9. The Balaban J connectivity index is 1.54. The number of ether oxygens (including phenoxy) is 2. The van der Waals surface area contributed by atoms with Gasteiger partial charge in [-0.05, 0) is 42.3 Å². The summed E-state index contributed by atoms with van der Waals surface area (Å²) >= 11 is 12.0. The lowest BCUT2D eigenvalue weighted by molar-refractivity contribution is 0.0920. The number of carbonyl (C=O) groups is 2. The van der Waals surface area contributed by atoms with E-state index in [4.69, 9.17) is 32.7 Å². The van der Waals surface area contributed by atoms with Crippen LogP contribution in [-0.2, 0) is 0 Å². The molecule has 30 heavy (non-hydrogen) atoms. The average Bonchev–Trinajstić information content (AvgIpc) is 3.05. The summed E-state index contributed by atoms with van der Waals surface area (Å²) in [4.78, 5) is 25.0. The van der Waals surface area contributed by atoms with Crippen molar-refractivity contribution in [3.05, 3.63) is 98.7 Å². The molecule has 6 heteroatoms. The zero-order chi connectivity index (χ0) is 21.3. The van der Waals surface area contributed by atoms with E-state index in [-0.39, 0.29) is 23.9 Å². The molecule has 3 aromatic carbocycles. The number of benzene rings is 3. The summed E-state index contributed by atoms with van der Waals surface area (Å²) in [7, 11) is 0. The van der Waals surface area contributed by atoms with E-state index in [0.29, 0.717) is 43.8 Å². The van der Waals surface area contributed by atoms with Gasteiger partial charge in [-0.1, -0.05) is 59.6 Å². The van der Waals surface area contributed by atoms with Gasteiger partial charge in [-0.15, -0.1) is 0 Å². The normalized spacial score (nSPS) is 13.8. The summed E-state index contributed by atoms with van der Waals surface area (Å²) in [5.74, 6) is 0.683. The first-order chi connectivity index (χ1) is 14.4. The SMILES string of the molecule is Cc1cc(OCC(=O)c2ccccc2)cc2c1C(=O)/C(=C/c1ccc(Cl)c(Cl)c1)O2. The largest absolute Gasteiger partial charge is 0.485 e. The zero-order valence-corrected chi connectivity index (χ0v) is 17.5. The van der Waals surface area contributed by atoms with Gasteiger partial charge in [0.2, 0.25) is 5.78 Å². The van der Waals surface area contributed by atoms with Gasteiger partial charge in [0.1, 0.15) is 11.5 Å². The van der Waals surface area contributed by atoms with E-state index in [0.717, 1.165) is 0 Å². The van der Waals surface area contributed by atoms with Crippen molar-refractivity contribution in [3.63, 3.8) is 0 Å². The van der Waals surface area contributed by atoms with Crippen LogP contribution < -0.4 is 9.47 Å². The van der Waals surface area contributed by atoms with Gasteiger partial charge in [-0.25, -0.2) is 0 Å². The van der Waals surface area contributed by atoms with Gasteiger partial charge < -0.3 is 9.47 Å². The number of halogens is 2. The minimum Gasteiger partial charge on any atom is -0.485 e. The van der Waals surface area contributed by atoms with Crippen LogP contribution in [0.2, 0.25) is 10.0 Å². The molecule has 0 bridgehead atoms. The molecule has 150 valence electrons. The van der Waals surface area contributed by atoms with Crippen LogP contribution in [0.4, 0.5) is 0 Å². The van der Waals surface area contributed by atoms with E-state index in [1.807, 2.05) is 6.07 Å². The molecule has 1 heterocycles. The first-order valence-corrected chi connectivity index (χ1v) is 9.93. The molecule has 1 aliphatic rings. The molecule has 0 fully saturated rings. The Morgan fingerprint density at radius 3 is 2.53 bits per heavy atom. The van der Waals surface area contributed by atoms with Crippen molar-refractivity contribution in [1.29, 1.82) is 0 Å². The first-order valence-electron chi connectivity index (χ1n) is 9.17. The van der Waals surface area contributed by atoms with Crippen molar-refractivity contribution < 1.29 is 19.1 Å². The van der Waals surface area contributed by atoms with Crippen molar-refractivity contribution in [2.75, 3.05) is 6.61 Å². The summed E-state index contributed by atoms with van der Waals surface area (Å²) in [6.07, 6.45) is 1.61. The fourth-order valence-corrected chi connectivity index (χ4v) is 3.48. The molecule has 0 saturated carbocycles. The third kappa shape index (κ3) is 4.11. The van der Waals surface area contributed by atoms with Gasteiger partial charge in [0, 0.05) is 11.6 Å². The van der Waals surface area contributed by atoms with Crippen molar-refractivity contribution in [2.45, 2.75) is 6.92 Å². The van der Waals surface area contributed by atoms with Gasteiger partial charge in [0.05, 0.1) is 15.6 Å². The third-order valence-electron chi connectivity index (χ3n) is 4.65. The minimum absolute atomic E-state index is 0.109. The fraction of sp³-hybridized carbons (Fsp3) is 0.0833. The predicted octanol–water partition coefficient (Wildman–Crippen LogP) is 6.18. The first kappa shape index (κ1) is 20.2. The number of Topliss-reactive ketones (excluding diaryl/α,β-unsaturated/α-hetero) is 2. The number of carbonyl (C=O) groups excluding carboxylic acids is 2. The quantitative estimate of drug-likeness (QED) is 0.352. The van der Waals surface area contributed by atoms with Gasteiger partial charge >= 0.3 is 0 Å². The number of rotatable bonds is 5. The summed E-state index contributed by atoms with van der Waals surface area (Å²) in [6, 6.07) is 17.3. The molecule has 0 spiro atoms. The molecular formula is C24H16Cl2O4. The Morgan fingerprint density at radius 2 is 1.80 bits per heavy atom. The minimum atomic E-state index is -0.222. The molecule has 0 radical (unpaired) electrons. The predicted molar refractivity (Wildman–Crippen MR) is 117 cm³/mol. The van der Waals surface area contributed by atoms with Crippen molar-refractivity contribution in [1.82, 2.24) is 0 Å². The summed E-state index contributed by atoms with van der Waals surface area (Å²) < 4.78 is 11.4. The van der Waals surface area contributed by atoms with E-state index >= 15 is 0 Å². The lowest BCUT2D eigenvalue weighted by atomic mass is 10.0. The number of fused-ring (bicyclic) bond motifs is 1. The molecule has 0 aromatic heterocycles. The molecule has 0 saturated heterocycles. The van der Waals surface area contributed by atoms with Crippen LogP contribution in [0, 0.1) is 6.92 Å². The Kier molecular flexibility index (Phi) is 5.62. The molecule has 1 aliphatic heterocycles. The Morgan fingerprint density at radius 1 is 1.03 bits per heavy atom. The van der Waals surface area contributed by atoms with E-state index in [9.17, 15) is 9.59 Å². The Bertz CT molecular complexity index is 1180. The van der Waals surface area contributed by atoms with Crippen molar-refractivity contribution in [3.8, 4) is 11.5 Å². The monoisotopic (exact) mass is 438 g/mol. The molecule has 4 nitrogen and oxygen atoms in total. The molecule has 4 rings (SSSR count). The van der Waals surface area contributed by atoms with Crippen LogP contribution in [0.5, 0.6) is 11.5 Å². The molecular weight excluding hydrogens is 423 g/mol. The fourth-order valence-electron chi connectivity index (χ4n) is 3.17. The van der Waals surface area contributed by atoms with Crippen LogP contribution in [0.3, 0.4) is 0 Å². The van der Waals surface area contributed by atoms with E-state index < -0.39 is 0 Å². The smallest absolute Gasteiger partial charge is 0.232 e. The second-order valence-corrected chi connectivity index (χ2v) is 7.62. The van der Waals surface area contributed by atoms with Gasteiger partial charge in [-0.2, -0.15) is 0 Å².